The van der Waals surface area contributed by atoms with Gasteiger partial charge in [0, 0.05) is 26.3 Å². The fourth-order valence-electron chi connectivity index (χ4n) is 4.13. The Morgan fingerprint density at radius 3 is 1.60 bits per heavy atom. The second-order valence-corrected chi connectivity index (χ2v) is 12.5. The maximum atomic E-state index is 12.0. The Morgan fingerprint density at radius 2 is 1.26 bits per heavy atom. The van der Waals surface area contributed by atoms with E-state index < -0.39 is 17.3 Å². The van der Waals surface area contributed by atoms with Crippen molar-refractivity contribution in [3.05, 3.63) is 6.42 Å². The number of aliphatic hydroxyl groups is 1. The van der Waals surface area contributed by atoms with E-state index in [0.29, 0.717) is 13.1 Å². The standard InChI is InChI=1S/C13H25NO3.C10H17NO3.C4H8O.C3H7.ClH.Mg.2H2S/c1-9(2)11(15)10-7-6-8-14(10)12(16)17-13(3,4)5;1-10(2,3)14-9(13)11-6-4-5-8(11)7-12;1-2-4-5-3-1;1-3-2;;;;/h9-11,15H,6-8H2,1-5H3;7-8H,4-6H2,1-3H3;1-4H2;3H,1-2H3;1H;;2*1H2/q;;;-1;;+2;;/p-1/t10-,11?;8-;;;;;;/m00....../s1. The average molecular weight is 686 g/mol. The number of likely N-dealkylation sites (tertiary alicyclic amines) is 2. The zero-order valence-corrected chi connectivity index (χ0v) is 32.6. The summed E-state index contributed by atoms with van der Waals surface area (Å²) in [5, 5.41) is 10.1. The van der Waals surface area contributed by atoms with E-state index in [1.54, 1.807) is 4.90 Å². The second kappa shape index (κ2) is 27.0. The molecule has 3 aliphatic rings. The number of halogens is 1. The molecule has 0 bridgehead atoms. The third kappa shape index (κ3) is 23.8. The van der Waals surface area contributed by atoms with Crippen LogP contribution in [0.5, 0.6) is 0 Å². The van der Waals surface area contributed by atoms with Gasteiger partial charge in [-0.05, 0) is 86.0 Å². The van der Waals surface area contributed by atoms with Crippen LogP contribution in [0.2, 0.25) is 0 Å². The first kappa shape index (κ1) is 52.4. The smallest absolute Gasteiger partial charge is 1.00 e. The predicted octanol–water partition coefficient (Wildman–Crippen LogP) is 2.86. The van der Waals surface area contributed by atoms with Crippen LogP contribution in [0.4, 0.5) is 9.59 Å². The third-order valence-corrected chi connectivity index (χ3v) is 5.92. The van der Waals surface area contributed by atoms with Crippen molar-refractivity contribution in [2.75, 3.05) is 26.3 Å². The van der Waals surface area contributed by atoms with Gasteiger partial charge in [0.25, 0.3) is 0 Å². The van der Waals surface area contributed by atoms with Gasteiger partial charge in [0.05, 0.1) is 18.2 Å². The van der Waals surface area contributed by atoms with Gasteiger partial charge in [0.2, 0.25) is 0 Å². The fourth-order valence-corrected chi connectivity index (χ4v) is 4.13. The maximum absolute atomic E-state index is 12.0. The molecule has 1 N–H and O–H groups in total. The molecule has 3 saturated heterocycles. The van der Waals surface area contributed by atoms with E-state index in [-0.39, 0.29) is 92.6 Å². The van der Waals surface area contributed by atoms with E-state index in [2.05, 4.69) is 0 Å². The van der Waals surface area contributed by atoms with Gasteiger partial charge in [-0.2, -0.15) is 40.8 Å². The largest absolute Gasteiger partial charge is 2.00 e. The van der Waals surface area contributed by atoms with E-state index >= 15 is 0 Å². The van der Waals surface area contributed by atoms with Crippen molar-refractivity contribution in [3.8, 4) is 0 Å². The molecule has 43 heavy (non-hydrogen) atoms. The zero-order chi connectivity index (χ0) is 30.2. The number of aldehydes is 1. The third-order valence-electron chi connectivity index (χ3n) is 5.92. The molecule has 2 amide bonds. The molecule has 0 aromatic carbocycles. The summed E-state index contributed by atoms with van der Waals surface area (Å²) in [4.78, 5) is 37.4. The topological polar surface area (TPSA) is 106 Å². The van der Waals surface area contributed by atoms with Crippen LogP contribution in [0.3, 0.4) is 0 Å². The predicted molar refractivity (Wildman–Crippen MR) is 181 cm³/mol. The summed E-state index contributed by atoms with van der Waals surface area (Å²) >= 11 is 0. The number of carbonyl (C=O) groups is 3. The average Bonchev–Trinajstić information content (AvgIpc) is 3.60. The van der Waals surface area contributed by atoms with Crippen LogP contribution in [0.15, 0.2) is 0 Å². The number of nitrogens with zero attached hydrogens (tertiary/aromatic N) is 2. The van der Waals surface area contributed by atoms with Crippen LogP contribution in [-0.2, 0) is 19.0 Å². The van der Waals surface area contributed by atoms with E-state index in [1.165, 1.54) is 17.7 Å². The Balaban J connectivity index is -0.000000167. The zero-order valence-electron chi connectivity index (χ0n) is 28.4. The molecule has 0 aliphatic carbocycles. The van der Waals surface area contributed by atoms with Crippen molar-refractivity contribution in [1.29, 1.82) is 0 Å². The number of aliphatic hydroxyl groups excluding tert-OH is 1. The first-order valence-corrected chi connectivity index (χ1v) is 14.5. The molecule has 0 saturated carbocycles. The molecule has 254 valence electrons. The number of hydrogen-bond donors (Lipinski definition) is 1. The van der Waals surface area contributed by atoms with E-state index in [4.69, 9.17) is 14.2 Å². The molecule has 3 heterocycles. The summed E-state index contributed by atoms with van der Waals surface area (Å²) < 4.78 is 15.5. The van der Waals surface area contributed by atoms with Crippen LogP contribution in [0.1, 0.15) is 108 Å². The van der Waals surface area contributed by atoms with Gasteiger partial charge in [-0.25, -0.2) is 9.59 Å². The van der Waals surface area contributed by atoms with Gasteiger partial charge in [0.1, 0.15) is 17.5 Å². The van der Waals surface area contributed by atoms with Gasteiger partial charge in [0.15, 0.2) is 0 Å². The monoisotopic (exact) mass is 684 g/mol. The van der Waals surface area contributed by atoms with E-state index in [0.717, 1.165) is 45.2 Å². The minimum atomic E-state index is -0.493. The molecular formula is C30H61ClMgN2O7S2. The molecule has 13 heteroatoms. The second-order valence-electron chi connectivity index (χ2n) is 12.5. The Labute approximate surface area is 298 Å². The van der Waals surface area contributed by atoms with Crippen LogP contribution < -0.4 is 12.4 Å². The number of rotatable bonds is 3. The molecular weight excluding hydrogens is 624 g/mol. The van der Waals surface area contributed by atoms with E-state index in [1.807, 2.05) is 75.7 Å². The van der Waals surface area contributed by atoms with Crippen LogP contribution in [0, 0.1) is 12.3 Å². The fraction of sp³-hybridized carbons (Fsp3) is 0.867. The van der Waals surface area contributed by atoms with Gasteiger partial charge >= 0.3 is 35.2 Å². The molecule has 3 fully saturated rings. The minimum absolute atomic E-state index is 0. The van der Waals surface area contributed by atoms with Crippen molar-refractivity contribution in [2.24, 2.45) is 5.92 Å². The Kier molecular flexibility index (Phi) is 33.0. The van der Waals surface area contributed by atoms with Crippen molar-refractivity contribution < 1.29 is 46.1 Å². The quantitative estimate of drug-likeness (QED) is 0.277. The molecule has 0 aromatic heterocycles. The summed E-state index contributed by atoms with van der Waals surface area (Å²) in [6.45, 7) is 22.3. The summed E-state index contributed by atoms with van der Waals surface area (Å²) in [6, 6.07) is -0.380. The van der Waals surface area contributed by atoms with Crippen molar-refractivity contribution >= 4 is 68.5 Å². The molecule has 3 atom stereocenters. The maximum Gasteiger partial charge on any atom is 2.00 e. The molecule has 0 aromatic rings. The Morgan fingerprint density at radius 1 is 0.860 bits per heavy atom. The first-order chi connectivity index (χ1) is 18.1. The number of hydrogen-bond acceptors (Lipinski definition) is 7. The first-order valence-electron chi connectivity index (χ1n) is 14.5. The van der Waals surface area contributed by atoms with Gasteiger partial charge in [-0.3, -0.25) is 4.90 Å². The van der Waals surface area contributed by atoms with Crippen LogP contribution in [0.25, 0.3) is 0 Å². The number of carbonyl (C=O) groups excluding carboxylic acids is 3. The van der Waals surface area contributed by atoms with Gasteiger partial charge in [-0.1, -0.05) is 13.8 Å². The van der Waals surface area contributed by atoms with Crippen LogP contribution >= 0.6 is 27.0 Å². The summed E-state index contributed by atoms with van der Waals surface area (Å²) in [7, 11) is 0. The minimum Gasteiger partial charge on any atom is -1.00 e. The normalized spacial score (nSPS) is 19.5. The van der Waals surface area contributed by atoms with Crippen molar-refractivity contribution in [3.63, 3.8) is 0 Å². The van der Waals surface area contributed by atoms with E-state index in [9.17, 15) is 19.5 Å². The van der Waals surface area contributed by atoms with Gasteiger partial charge < -0.3 is 47.8 Å². The summed E-state index contributed by atoms with van der Waals surface area (Å²) in [6.07, 6.45) is 7.64. The molecule has 1 unspecified atom stereocenters. The summed E-state index contributed by atoms with van der Waals surface area (Å²) in [5.74, 6) is 0.156. The summed E-state index contributed by atoms with van der Waals surface area (Å²) in [5.41, 5.74) is -0.972. The number of amides is 2. The number of ether oxygens (including phenoxy) is 3. The molecule has 9 nitrogen and oxygen atoms in total. The van der Waals surface area contributed by atoms with Crippen LogP contribution in [-0.4, -0.2) is 112 Å². The Bertz CT molecular complexity index is 714. The van der Waals surface area contributed by atoms with Crippen molar-refractivity contribution in [1.82, 2.24) is 9.80 Å². The molecule has 3 aliphatic heterocycles. The molecule has 3 rings (SSSR count). The van der Waals surface area contributed by atoms with Crippen molar-refractivity contribution in [2.45, 2.75) is 137 Å². The SMILES string of the molecule is C1CCOC1.CC(C)(C)OC(=O)N1CCC[C@H]1C=O.CC(C)C(O)[C@@H]1CCCN1C(=O)OC(C)(C)C.C[CH-]C.S.S.[Cl-].[Mg+2]. The molecule has 0 radical (unpaired) electrons. The molecule has 0 spiro atoms. The van der Waals surface area contributed by atoms with Gasteiger partial charge in [-0.15, -0.1) is 0 Å². The Hall–Kier alpha value is -0.114.